The second-order valence-electron chi connectivity index (χ2n) is 7.64. The van der Waals surface area contributed by atoms with Gasteiger partial charge in [-0.05, 0) is 24.0 Å². The number of amides is 2. The van der Waals surface area contributed by atoms with Crippen molar-refractivity contribution >= 4 is 23.9 Å². The number of carbonyl (C=O) groups excluding carboxylic acids is 2. The number of carbonyl (C=O) groups is 3. The van der Waals surface area contributed by atoms with E-state index < -0.39 is 41.0 Å². The Hall–Kier alpha value is -4.68. The molecule has 36 heavy (non-hydrogen) atoms. The fourth-order valence-electron chi connectivity index (χ4n) is 3.14. The number of guanidine groups is 1. The standard InChI is InChI=1S/C23H28N6O7/c24-22(28-29(34)35)25-13-7-12-18(27-23(33)36-15-17-10-5-2-6-11-17)20(30)26-19(21(31)32)14-16-8-3-1-4-9-16/h1-6,8-11,18-19H,7,12-15H2,(H,26,30)(H,27,33)(H,31,32)(H3,24,25,28)/t18-,19-/m0/s1. The first kappa shape index (κ1) is 27.6. The molecule has 0 heterocycles. The second kappa shape index (κ2) is 14.6. The maximum absolute atomic E-state index is 12.9. The van der Waals surface area contributed by atoms with E-state index >= 15 is 0 Å². The average molecular weight is 501 g/mol. The Morgan fingerprint density at radius 2 is 1.61 bits per heavy atom. The Morgan fingerprint density at radius 1 is 1.00 bits per heavy atom. The minimum Gasteiger partial charge on any atom is -0.480 e. The Labute approximate surface area is 206 Å². The van der Waals surface area contributed by atoms with Gasteiger partial charge in [-0.2, -0.15) is 0 Å². The third-order valence-corrected chi connectivity index (χ3v) is 4.88. The molecule has 2 rings (SSSR count). The van der Waals surface area contributed by atoms with E-state index in [1.807, 2.05) is 6.07 Å². The van der Waals surface area contributed by atoms with Gasteiger partial charge in [-0.1, -0.05) is 60.7 Å². The number of ether oxygens (including phenoxy) is 1. The molecule has 2 amide bonds. The predicted molar refractivity (Wildman–Crippen MR) is 129 cm³/mol. The predicted octanol–water partition coefficient (Wildman–Crippen LogP) is 0.970. The van der Waals surface area contributed by atoms with Gasteiger partial charge in [0.05, 0.1) is 0 Å². The molecule has 0 saturated heterocycles. The Morgan fingerprint density at radius 3 is 2.19 bits per heavy atom. The fraction of sp³-hybridized carbons (Fsp3) is 0.304. The lowest BCUT2D eigenvalue weighted by atomic mass is 10.0. The molecule has 0 radical (unpaired) electrons. The van der Waals surface area contributed by atoms with Crippen molar-refractivity contribution in [2.45, 2.75) is 38.0 Å². The van der Waals surface area contributed by atoms with Crippen LogP contribution in [0.15, 0.2) is 65.8 Å². The fourth-order valence-corrected chi connectivity index (χ4v) is 3.14. The molecule has 13 heteroatoms. The van der Waals surface area contributed by atoms with E-state index in [1.54, 1.807) is 54.6 Å². The molecule has 0 fully saturated rings. The summed E-state index contributed by atoms with van der Waals surface area (Å²) in [4.78, 5) is 47.4. The zero-order valence-electron chi connectivity index (χ0n) is 19.3. The summed E-state index contributed by atoms with van der Waals surface area (Å²) in [7, 11) is 0. The van der Waals surface area contributed by atoms with Crippen LogP contribution in [0.25, 0.3) is 0 Å². The normalized spacial score (nSPS) is 12.6. The maximum Gasteiger partial charge on any atom is 0.408 e. The molecule has 2 aromatic rings. The summed E-state index contributed by atoms with van der Waals surface area (Å²) in [5.74, 6) is -2.37. The first-order valence-electron chi connectivity index (χ1n) is 11.0. The molecule has 2 atom stereocenters. The summed E-state index contributed by atoms with van der Waals surface area (Å²) in [6.45, 7) is 0.0856. The van der Waals surface area contributed by atoms with Crippen LogP contribution in [0, 0.1) is 10.1 Å². The molecule has 2 aromatic carbocycles. The number of hydrogen-bond acceptors (Lipinski definition) is 6. The lowest BCUT2D eigenvalue weighted by Gasteiger charge is -2.21. The number of nitrogens with zero attached hydrogens (tertiary/aromatic N) is 2. The average Bonchev–Trinajstić information content (AvgIpc) is 2.85. The Balaban J connectivity index is 2.01. The summed E-state index contributed by atoms with van der Waals surface area (Å²) in [5, 5.41) is 29.3. The number of rotatable bonds is 13. The molecule has 0 aliphatic rings. The minimum absolute atomic E-state index is 0.0256. The number of carboxylic acid groups (broad SMARTS) is 1. The van der Waals surface area contributed by atoms with Crippen molar-refractivity contribution in [2.75, 3.05) is 6.54 Å². The van der Waals surface area contributed by atoms with Crippen molar-refractivity contribution in [3.05, 3.63) is 81.9 Å². The van der Waals surface area contributed by atoms with Gasteiger partial charge in [0.1, 0.15) is 23.8 Å². The van der Waals surface area contributed by atoms with Crippen molar-refractivity contribution in [3.8, 4) is 0 Å². The summed E-state index contributed by atoms with van der Waals surface area (Å²) in [6, 6.07) is 15.3. The topological polar surface area (TPSA) is 198 Å². The Bertz CT molecular complexity index is 1050. The second-order valence-corrected chi connectivity index (χ2v) is 7.64. The molecule has 13 nitrogen and oxygen atoms in total. The molecule has 0 spiro atoms. The zero-order valence-corrected chi connectivity index (χ0v) is 19.3. The van der Waals surface area contributed by atoms with Crippen LogP contribution in [0.3, 0.4) is 0 Å². The number of carboxylic acids is 1. The molecule has 0 saturated carbocycles. The van der Waals surface area contributed by atoms with Gasteiger partial charge in [0, 0.05) is 13.0 Å². The maximum atomic E-state index is 12.9. The molecule has 0 unspecified atom stereocenters. The number of nitrogens with two attached hydrogens (primary N) is 1. The van der Waals surface area contributed by atoms with Crippen LogP contribution in [-0.4, -0.2) is 52.7 Å². The number of hydrazone groups is 1. The summed E-state index contributed by atoms with van der Waals surface area (Å²) in [6.07, 6.45) is -0.525. The van der Waals surface area contributed by atoms with Crippen molar-refractivity contribution in [1.29, 1.82) is 0 Å². The van der Waals surface area contributed by atoms with Crippen molar-refractivity contribution < 1.29 is 29.3 Å². The molecule has 0 bridgehead atoms. The van der Waals surface area contributed by atoms with Crippen LogP contribution in [0.2, 0.25) is 0 Å². The number of hydrogen-bond donors (Lipinski definition) is 5. The molecule has 0 aliphatic heterocycles. The third-order valence-electron chi connectivity index (χ3n) is 4.88. The zero-order chi connectivity index (χ0) is 26.3. The van der Waals surface area contributed by atoms with E-state index in [0.29, 0.717) is 5.56 Å². The first-order valence-corrected chi connectivity index (χ1v) is 11.0. The van der Waals surface area contributed by atoms with Gasteiger partial charge in [-0.3, -0.25) is 4.79 Å². The van der Waals surface area contributed by atoms with Crippen molar-refractivity contribution in [1.82, 2.24) is 16.0 Å². The van der Waals surface area contributed by atoms with Gasteiger partial charge in [-0.25, -0.2) is 19.7 Å². The largest absolute Gasteiger partial charge is 0.480 e. The first-order chi connectivity index (χ1) is 17.2. The minimum atomic E-state index is -1.23. The van der Waals surface area contributed by atoms with E-state index in [-0.39, 0.29) is 32.4 Å². The highest BCUT2D eigenvalue weighted by atomic mass is 16.7. The summed E-state index contributed by atoms with van der Waals surface area (Å²) < 4.78 is 5.17. The van der Waals surface area contributed by atoms with E-state index in [9.17, 15) is 29.6 Å². The van der Waals surface area contributed by atoms with Crippen LogP contribution in [0.4, 0.5) is 4.79 Å². The molecular weight excluding hydrogens is 472 g/mol. The van der Waals surface area contributed by atoms with Gasteiger partial charge in [0.25, 0.3) is 5.96 Å². The van der Waals surface area contributed by atoms with Crippen LogP contribution < -0.4 is 21.7 Å². The molecule has 192 valence electrons. The highest BCUT2D eigenvalue weighted by molar-refractivity contribution is 5.89. The molecule has 0 aliphatic carbocycles. The number of nitrogens with one attached hydrogen (secondary N) is 3. The van der Waals surface area contributed by atoms with Crippen LogP contribution in [0.5, 0.6) is 0 Å². The van der Waals surface area contributed by atoms with Gasteiger partial charge in [-0.15, -0.1) is 0 Å². The van der Waals surface area contributed by atoms with E-state index in [4.69, 9.17) is 10.5 Å². The monoisotopic (exact) mass is 500 g/mol. The molecule has 6 N–H and O–H groups in total. The van der Waals surface area contributed by atoms with Crippen molar-refractivity contribution in [2.24, 2.45) is 10.8 Å². The molecular formula is C23H28N6O7. The van der Waals surface area contributed by atoms with Crippen molar-refractivity contribution in [3.63, 3.8) is 0 Å². The lowest BCUT2D eigenvalue weighted by Crippen LogP contribution is -2.52. The third kappa shape index (κ3) is 10.5. The Kier molecular flexibility index (Phi) is 11.1. The van der Waals surface area contributed by atoms with Gasteiger partial charge >= 0.3 is 12.1 Å². The number of aliphatic carboxylic acids is 1. The lowest BCUT2D eigenvalue weighted by molar-refractivity contribution is -0.485. The SMILES string of the molecule is N/C(=N/[N+](=O)[O-])NCCC[C@H](NC(=O)OCc1ccccc1)C(=O)N[C@@H](Cc1ccccc1)C(=O)O. The van der Waals surface area contributed by atoms with Gasteiger partial charge < -0.3 is 31.5 Å². The van der Waals surface area contributed by atoms with Crippen LogP contribution >= 0.6 is 0 Å². The summed E-state index contributed by atoms with van der Waals surface area (Å²) in [5.41, 5.74) is 6.82. The number of nitro groups is 1. The van der Waals surface area contributed by atoms with Crippen LogP contribution in [0.1, 0.15) is 24.0 Å². The van der Waals surface area contributed by atoms with Crippen LogP contribution in [-0.2, 0) is 27.4 Å². The van der Waals surface area contributed by atoms with E-state index in [0.717, 1.165) is 5.56 Å². The quantitative estimate of drug-likeness (QED) is 0.0874. The van der Waals surface area contributed by atoms with Gasteiger partial charge in [0.15, 0.2) is 5.03 Å². The van der Waals surface area contributed by atoms with Gasteiger partial charge in [0.2, 0.25) is 5.91 Å². The highest BCUT2D eigenvalue weighted by Crippen LogP contribution is 2.06. The summed E-state index contributed by atoms with van der Waals surface area (Å²) >= 11 is 0. The smallest absolute Gasteiger partial charge is 0.408 e. The number of benzene rings is 2. The molecule has 0 aromatic heterocycles. The van der Waals surface area contributed by atoms with E-state index in [2.05, 4.69) is 21.1 Å². The highest BCUT2D eigenvalue weighted by Gasteiger charge is 2.27. The number of alkyl carbamates (subject to hydrolysis) is 1. The van der Waals surface area contributed by atoms with E-state index in [1.165, 1.54) is 0 Å².